The molecule has 0 saturated carbocycles. The lowest BCUT2D eigenvalue weighted by molar-refractivity contribution is 0.608. The largest absolute Gasteiger partial charge is 0.398 e. The highest BCUT2D eigenvalue weighted by Crippen LogP contribution is 2.34. The number of nitrogens with zero attached hydrogens (tertiary/aromatic N) is 2. The molecule has 108 valence electrons. The molecule has 1 aromatic heterocycles. The van der Waals surface area contributed by atoms with Crippen LogP contribution in [0.4, 0.5) is 10.1 Å². The summed E-state index contributed by atoms with van der Waals surface area (Å²) < 4.78 is 16.2. The van der Waals surface area contributed by atoms with Gasteiger partial charge in [-0.25, -0.2) is 9.37 Å². The fourth-order valence-electron chi connectivity index (χ4n) is 2.54. The maximum atomic E-state index is 14.2. The molecule has 0 aliphatic carbocycles. The van der Waals surface area contributed by atoms with Crippen LogP contribution in [0.2, 0.25) is 5.02 Å². The number of nitrogens with two attached hydrogens (primary N) is 1. The second-order valence-corrected chi connectivity index (χ2v) is 5.67. The number of hydrogen-bond donors (Lipinski definition) is 1. The van der Waals surface area contributed by atoms with Crippen molar-refractivity contribution in [3.8, 4) is 11.4 Å². The molecular formula is C16H15ClFN3. The highest BCUT2D eigenvalue weighted by molar-refractivity contribution is 6.31. The molecule has 3 rings (SSSR count). The van der Waals surface area contributed by atoms with E-state index in [4.69, 9.17) is 17.3 Å². The zero-order valence-electron chi connectivity index (χ0n) is 11.8. The topological polar surface area (TPSA) is 43.8 Å². The van der Waals surface area contributed by atoms with Gasteiger partial charge in [0.15, 0.2) is 0 Å². The number of halogens is 2. The quantitative estimate of drug-likeness (QED) is 0.700. The van der Waals surface area contributed by atoms with Crippen LogP contribution >= 0.6 is 11.6 Å². The first kappa shape index (κ1) is 13.9. The Balaban J connectivity index is 2.40. The van der Waals surface area contributed by atoms with E-state index in [1.165, 1.54) is 6.07 Å². The van der Waals surface area contributed by atoms with Crippen molar-refractivity contribution >= 4 is 28.3 Å². The summed E-state index contributed by atoms with van der Waals surface area (Å²) in [5.74, 6) is 0.149. The molecule has 0 fully saturated rings. The van der Waals surface area contributed by atoms with E-state index in [1.807, 2.05) is 30.5 Å². The van der Waals surface area contributed by atoms with Crippen molar-refractivity contribution in [1.82, 2.24) is 9.55 Å². The molecule has 0 spiro atoms. The molecule has 0 bridgehead atoms. The van der Waals surface area contributed by atoms with E-state index in [1.54, 1.807) is 18.2 Å². The van der Waals surface area contributed by atoms with Gasteiger partial charge in [0.25, 0.3) is 0 Å². The zero-order valence-corrected chi connectivity index (χ0v) is 12.5. The maximum absolute atomic E-state index is 14.2. The summed E-state index contributed by atoms with van der Waals surface area (Å²) in [5, 5.41) is 0.623. The lowest BCUT2D eigenvalue weighted by Gasteiger charge is -2.14. The van der Waals surface area contributed by atoms with Crippen LogP contribution in [0.25, 0.3) is 22.4 Å². The van der Waals surface area contributed by atoms with Gasteiger partial charge in [-0.1, -0.05) is 17.7 Å². The summed E-state index contributed by atoms with van der Waals surface area (Å²) in [7, 11) is 0. The third-order valence-electron chi connectivity index (χ3n) is 3.44. The van der Waals surface area contributed by atoms with Crippen LogP contribution in [0, 0.1) is 5.82 Å². The molecule has 0 unspecified atom stereocenters. The summed E-state index contributed by atoms with van der Waals surface area (Å²) in [6.07, 6.45) is 0. The molecule has 3 nitrogen and oxygen atoms in total. The van der Waals surface area contributed by atoms with E-state index in [0.29, 0.717) is 22.1 Å². The van der Waals surface area contributed by atoms with Gasteiger partial charge in [0.1, 0.15) is 11.6 Å². The highest BCUT2D eigenvalue weighted by atomic mass is 35.5. The van der Waals surface area contributed by atoms with Gasteiger partial charge in [-0.3, -0.25) is 0 Å². The van der Waals surface area contributed by atoms with Crippen LogP contribution in [0.1, 0.15) is 19.9 Å². The van der Waals surface area contributed by atoms with Crippen molar-refractivity contribution < 1.29 is 4.39 Å². The van der Waals surface area contributed by atoms with E-state index in [-0.39, 0.29) is 11.9 Å². The van der Waals surface area contributed by atoms with Crippen LogP contribution in [0.3, 0.4) is 0 Å². The van der Waals surface area contributed by atoms with Gasteiger partial charge < -0.3 is 10.3 Å². The average Bonchev–Trinajstić information content (AvgIpc) is 2.76. The zero-order chi connectivity index (χ0) is 15.1. The van der Waals surface area contributed by atoms with Crippen molar-refractivity contribution in [3.63, 3.8) is 0 Å². The van der Waals surface area contributed by atoms with Gasteiger partial charge in [0.2, 0.25) is 0 Å². The lowest BCUT2D eigenvalue weighted by Crippen LogP contribution is -2.05. The van der Waals surface area contributed by atoms with Gasteiger partial charge in [-0.15, -0.1) is 0 Å². The molecule has 0 saturated heterocycles. The maximum Gasteiger partial charge on any atom is 0.146 e. The fourth-order valence-corrected chi connectivity index (χ4v) is 2.71. The number of hydrogen-bond acceptors (Lipinski definition) is 2. The summed E-state index contributed by atoms with van der Waals surface area (Å²) in [4.78, 5) is 4.55. The first-order valence-electron chi connectivity index (χ1n) is 6.71. The Morgan fingerprint density at radius 3 is 2.67 bits per heavy atom. The Kier molecular flexibility index (Phi) is 3.33. The first-order valence-corrected chi connectivity index (χ1v) is 7.08. The molecule has 2 N–H and O–H groups in total. The molecule has 0 radical (unpaired) electrons. The minimum absolute atomic E-state index is 0.0995. The third-order valence-corrected chi connectivity index (χ3v) is 3.67. The Hall–Kier alpha value is -2.07. The molecule has 1 heterocycles. The van der Waals surface area contributed by atoms with Crippen LogP contribution in [0.5, 0.6) is 0 Å². The smallest absolute Gasteiger partial charge is 0.146 e. The minimum atomic E-state index is -0.377. The van der Waals surface area contributed by atoms with Crippen LogP contribution in [-0.2, 0) is 0 Å². The SMILES string of the molecule is CC(C)n1c(-c2c(N)cccc2F)nc2ccc(Cl)cc21. The van der Waals surface area contributed by atoms with E-state index in [9.17, 15) is 4.39 Å². The van der Waals surface area contributed by atoms with Crippen LogP contribution in [0.15, 0.2) is 36.4 Å². The summed E-state index contributed by atoms with van der Waals surface area (Å²) in [6.45, 7) is 4.03. The second kappa shape index (κ2) is 5.04. The van der Waals surface area contributed by atoms with E-state index >= 15 is 0 Å². The van der Waals surface area contributed by atoms with Crippen LogP contribution in [-0.4, -0.2) is 9.55 Å². The average molecular weight is 304 g/mol. The van der Waals surface area contributed by atoms with Crippen LogP contribution < -0.4 is 5.73 Å². The van der Waals surface area contributed by atoms with E-state index in [0.717, 1.165) is 11.0 Å². The molecule has 0 aliphatic heterocycles. The van der Waals surface area contributed by atoms with E-state index < -0.39 is 0 Å². The fraction of sp³-hybridized carbons (Fsp3) is 0.188. The molecule has 0 atom stereocenters. The van der Waals surface area contributed by atoms with Crippen molar-refractivity contribution in [2.24, 2.45) is 0 Å². The van der Waals surface area contributed by atoms with Crippen molar-refractivity contribution in [3.05, 3.63) is 47.2 Å². The van der Waals surface area contributed by atoms with Gasteiger partial charge in [0.05, 0.1) is 16.6 Å². The number of fused-ring (bicyclic) bond motifs is 1. The van der Waals surface area contributed by atoms with Crippen molar-refractivity contribution in [2.45, 2.75) is 19.9 Å². The molecular weight excluding hydrogens is 289 g/mol. The Labute approximate surface area is 127 Å². The normalized spacial score (nSPS) is 11.5. The predicted octanol–water partition coefficient (Wildman–Crippen LogP) is 4.66. The molecule has 2 aromatic carbocycles. The Morgan fingerprint density at radius 1 is 1.24 bits per heavy atom. The second-order valence-electron chi connectivity index (χ2n) is 5.24. The van der Waals surface area contributed by atoms with Gasteiger partial charge >= 0.3 is 0 Å². The number of aromatic nitrogens is 2. The number of benzene rings is 2. The van der Waals surface area contributed by atoms with Crippen molar-refractivity contribution in [1.29, 1.82) is 0 Å². The molecule has 3 aromatic rings. The summed E-state index contributed by atoms with van der Waals surface area (Å²) in [5.41, 5.74) is 8.30. The third kappa shape index (κ3) is 2.25. The van der Waals surface area contributed by atoms with E-state index in [2.05, 4.69) is 4.98 Å². The summed E-state index contributed by atoms with van der Waals surface area (Å²) >= 11 is 6.07. The molecule has 5 heteroatoms. The number of imidazole rings is 1. The first-order chi connectivity index (χ1) is 9.99. The Bertz CT molecular complexity index is 803. The monoisotopic (exact) mass is 303 g/mol. The van der Waals surface area contributed by atoms with Gasteiger partial charge in [-0.05, 0) is 44.2 Å². The minimum Gasteiger partial charge on any atom is -0.398 e. The van der Waals surface area contributed by atoms with Crippen molar-refractivity contribution in [2.75, 3.05) is 5.73 Å². The van der Waals surface area contributed by atoms with Gasteiger partial charge in [-0.2, -0.15) is 0 Å². The van der Waals surface area contributed by atoms with Gasteiger partial charge in [0, 0.05) is 16.8 Å². The molecule has 0 amide bonds. The number of nitrogen functional groups attached to an aromatic ring is 1. The number of rotatable bonds is 2. The summed E-state index contributed by atoms with van der Waals surface area (Å²) in [6, 6.07) is 10.2. The lowest BCUT2D eigenvalue weighted by atomic mass is 10.1. The molecule has 21 heavy (non-hydrogen) atoms. The highest BCUT2D eigenvalue weighted by Gasteiger charge is 2.19. The Morgan fingerprint density at radius 2 is 2.00 bits per heavy atom. The predicted molar refractivity (Wildman–Crippen MR) is 84.9 cm³/mol. The standard InChI is InChI=1S/C16H15ClFN3/c1-9(2)21-14-8-10(17)6-7-13(14)20-16(21)15-11(18)4-3-5-12(15)19/h3-9H,19H2,1-2H3. The molecule has 0 aliphatic rings. The number of anilines is 1.